The summed E-state index contributed by atoms with van der Waals surface area (Å²) in [5.74, 6) is 0.970. The summed E-state index contributed by atoms with van der Waals surface area (Å²) in [7, 11) is 0. The minimum absolute atomic E-state index is 0.232. The molecule has 0 heterocycles. The van der Waals surface area contributed by atoms with Gasteiger partial charge in [0.15, 0.2) is 0 Å². The quantitative estimate of drug-likeness (QED) is 0.756. The molecule has 0 radical (unpaired) electrons. The van der Waals surface area contributed by atoms with Crippen molar-refractivity contribution in [2.45, 2.75) is 39.5 Å². The van der Waals surface area contributed by atoms with Gasteiger partial charge in [-0.2, -0.15) is 0 Å². The zero-order valence-electron chi connectivity index (χ0n) is 10.2. The highest BCUT2D eigenvalue weighted by molar-refractivity contribution is 5.83. The summed E-state index contributed by atoms with van der Waals surface area (Å²) in [5, 5.41) is 0. The number of rotatable bonds is 3. The summed E-state index contributed by atoms with van der Waals surface area (Å²) in [6, 6.07) is 8.54. The largest absolute Gasteiger partial charge is 0.299 e. The van der Waals surface area contributed by atoms with Crippen molar-refractivity contribution in [3.63, 3.8) is 0 Å². The molecule has 0 aliphatic heterocycles. The van der Waals surface area contributed by atoms with Crippen molar-refractivity contribution < 1.29 is 4.79 Å². The van der Waals surface area contributed by atoms with E-state index in [1.807, 2.05) is 0 Å². The van der Waals surface area contributed by atoms with Gasteiger partial charge >= 0.3 is 0 Å². The normalized spacial score (nSPS) is 21.2. The molecule has 0 spiro atoms. The fourth-order valence-corrected chi connectivity index (χ4v) is 2.54. The van der Waals surface area contributed by atoms with E-state index in [4.69, 9.17) is 0 Å². The number of aryl methyl sites for hydroxylation is 1. The van der Waals surface area contributed by atoms with Crippen molar-refractivity contribution in [3.05, 3.63) is 35.4 Å². The first-order chi connectivity index (χ1) is 7.72. The van der Waals surface area contributed by atoms with Gasteiger partial charge in [-0.1, -0.05) is 38.1 Å². The van der Waals surface area contributed by atoms with E-state index in [0.717, 1.165) is 25.7 Å². The Labute approximate surface area is 97.9 Å². The van der Waals surface area contributed by atoms with Crippen LogP contribution in [0.2, 0.25) is 0 Å². The summed E-state index contributed by atoms with van der Waals surface area (Å²) in [6.45, 7) is 4.15. The van der Waals surface area contributed by atoms with Gasteiger partial charge in [0.1, 0.15) is 5.78 Å². The summed E-state index contributed by atoms with van der Waals surface area (Å²) in [6.07, 6.45) is 4.04. The number of hydrogen-bond donors (Lipinski definition) is 0. The Bertz CT molecular complexity index is 381. The number of benzene rings is 1. The first-order valence-electron chi connectivity index (χ1n) is 6.33. The standard InChI is InChI=1S/C15H20O/c1-3-11(2)15(16)14-9-8-12-6-4-5-7-13(12)10-14/h4-7,11,14H,3,8-10H2,1-2H3. The molecule has 2 atom stereocenters. The maximum Gasteiger partial charge on any atom is 0.139 e. The molecule has 0 bridgehead atoms. The van der Waals surface area contributed by atoms with Gasteiger partial charge in [-0.25, -0.2) is 0 Å². The monoisotopic (exact) mass is 216 g/mol. The van der Waals surface area contributed by atoms with Crippen molar-refractivity contribution in [3.8, 4) is 0 Å². The lowest BCUT2D eigenvalue weighted by Crippen LogP contribution is -2.27. The zero-order chi connectivity index (χ0) is 11.5. The van der Waals surface area contributed by atoms with E-state index in [-0.39, 0.29) is 11.8 Å². The molecular formula is C15H20O. The molecular weight excluding hydrogens is 196 g/mol. The van der Waals surface area contributed by atoms with Crippen LogP contribution in [0.5, 0.6) is 0 Å². The predicted octanol–water partition coefficient (Wildman–Crippen LogP) is 3.41. The van der Waals surface area contributed by atoms with Crippen LogP contribution in [0, 0.1) is 11.8 Å². The molecule has 0 saturated heterocycles. The molecule has 1 nitrogen and oxygen atoms in total. The van der Waals surface area contributed by atoms with E-state index >= 15 is 0 Å². The average molecular weight is 216 g/mol. The van der Waals surface area contributed by atoms with E-state index in [1.165, 1.54) is 11.1 Å². The van der Waals surface area contributed by atoms with Gasteiger partial charge in [-0.3, -0.25) is 4.79 Å². The van der Waals surface area contributed by atoms with Crippen molar-refractivity contribution >= 4 is 5.78 Å². The topological polar surface area (TPSA) is 17.1 Å². The lowest BCUT2D eigenvalue weighted by Gasteiger charge is -2.25. The fourth-order valence-electron chi connectivity index (χ4n) is 2.54. The molecule has 1 aromatic rings. The molecule has 2 unspecified atom stereocenters. The first-order valence-corrected chi connectivity index (χ1v) is 6.33. The van der Waals surface area contributed by atoms with Gasteiger partial charge in [0.2, 0.25) is 0 Å². The van der Waals surface area contributed by atoms with Gasteiger partial charge in [-0.05, 0) is 36.8 Å². The Morgan fingerprint density at radius 2 is 2.06 bits per heavy atom. The van der Waals surface area contributed by atoms with Crippen LogP contribution in [0.15, 0.2) is 24.3 Å². The molecule has 1 heteroatoms. The average Bonchev–Trinajstić information content (AvgIpc) is 2.36. The van der Waals surface area contributed by atoms with E-state index in [9.17, 15) is 4.79 Å². The van der Waals surface area contributed by atoms with Gasteiger partial charge < -0.3 is 0 Å². The van der Waals surface area contributed by atoms with Crippen LogP contribution >= 0.6 is 0 Å². The molecule has 1 aliphatic rings. The SMILES string of the molecule is CCC(C)C(=O)C1CCc2ccccc2C1. The third-order valence-corrected chi connectivity index (χ3v) is 3.85. The summed E-state index contributed by atoms with van der Waals surface area (Å²) in [4.78, 5) is 12.1. The third kappa shape index (κ3) is 2.18. The minimum atomic E-state index is 0.232. The van der Waals surface area contributed by atoms with Gasteiger partial charge in [0.05, 0.1) is 0 Å². The smallest absolute Gasteiger partial charge is 0.139 e. The molecule has 86 valence electrons. The molecule has 0 aromatic heterocycles. The van der Waals surface area contributed by atoms with Crippen molar-refractivity contribution in [2.75, 3.05) is 0 Å². The highest BCUT2D eigenvalue weighted by Crippen LogP contribution is 2.28. The van der Waals surface area contributed by atoms with E-state index in [2.05, 4.69) is 38.1 Å². The number of carbonyl (C=O) groups excluding carboxylic acids is 1. The van der Waals surface area contributed by atoms with E-state index in [1.54, 1.807) is 0 Å². The van der Waals surface area contributed by atoms with Gasteiger partial charge in [0.25, 0.3) is 0 Å². The Hall–Kier alpha value is -1.11. The number of ketones is 1. The minimum Gasteiger partial charge on any atom is -0.299 e. The molecule has 1 aromatic carbocycles. The molecule has 16 heavy (non-hydrogen) atoms. The number of hydrogen-bond acceptors (Lipinski definition) is 1. The maximum absolute atomic E-state index is 12.1. The van der Waals surface area contributed by atoms with Crippen LogP contribution in [0.3, 0.4) is 0 Å². The Kier molecular flexibility index (Phi) is 3.42. The summed E-state index contributed by atoms with van der Waals surface area (Å²) < 4.78 is 0. The molecule has 1 aliphatic carbocycles. The molecule has 0 N–H and O–H groups in total. The van der Waals surface area contributed by atoms with E-state index < -0.39 is 0 Å². The zero-order valence-corrected chi connectivity index (χ0v) is 10.2. The molecule has 2 rings (SSSR count). The lowest BCUT2D eigenvalue weighted by molar-refractivity contribution is -0.126. The lowest BCUT2D eigenvalue weighted by atomic mass is 9.78. The Morgan fingerprint density at radius 1 is 1.38 bits per heavy atom. The van der Waals surface area contributed by atoms with Crippen LogP contribution in [0.1, 0.15) is 37.8 Å². The summed E-state index contributed by atoms with van der Waals surface area (Å²) >= 11 is 0. The van der Waals surface area contributed by atoms with E-state index in [0.29, 0.717) is 5.78 Å². The van der Waals surface area contributed by atoms with Crippen molar-refractivity contribution in [1.29, 1.82) is 0 Å². The molecule has 0 amide bonds. The molecule has 0 saturated carbocycles. The number of fused-ring (bicyclic) bond motifs is 1. The second kappa shape index (κ2) is 4.82. The van der Waals surface area contributed by atoms with Crippen LogP contribution in [-0.4, -0.2) is 5.78 Å². The van der Waals surface area contributed by atoms with Crippen LogP contribution in [0.4, 0.5) is 0 Å². The fraction of sp³-hybridized carbons (Fsp3) is 0.533. The van der Waals surface area contributed by atoms with Crippen molar-refractivity contribution in [2.24, 2.45) is 11.8 Å². The first kappa shape index (κ1) is 11.4. The van der Waals surface area contributed by atoms with Gasteiger partial charge in [-0.15, -0.1) is 0 Å². The molecule has 0 fully saturated rings. The second-order valence-corrected chi connectivity index (χ2v) is 4.92. The van der Waals surface area contributed by atoms with Crippen LogP contribution in [-0.2, 0) is 17.6 Å². The Morgan fingerprint density at radius 3 is 2.75 bits per heavy atom. The highest BCUT2D eigenvalue weighted by Gasteiger charge is 2.26. The van der Waals surface area contributed by atoms with Crippen LogP contribution < -0.4 is 0 Å². The maximum atomic E-state index is 12.1. The third-order valence-electron chi connectivity index (χ3n) is 3.85. The Balaban J connectivity index is 2.11. The van der Waals surface area contributed by atoms with Crippen LogP contribution in [0.25, 0.3) is 0 Å². The number of carbonyl (C=O) groups is 1. The predicted molar refractivity (Wildman–Crippen MR) is 66.4 cm³/mol. The van der Waals surface area contributed by atoms with Gasteiger partial charge in [0, 0.05) is 11.8 Å². The second-order valence-electron chi connectivity index (χ2n) is 4.92. The highest BCUT2D eigenvalue weighted by atomic mass is 16.1. The summed E-state index contributed by atoms with van der Waals surface area (Å²) in [5.41, 5.74) is 2.83. The van der Waals surface area contributed by atoms with Crippen molar-refractivity contribution in [1.82, 2.24) is 0 Å². The number of Topliss-reactive ketones (excluding diaryl/α,β-unsaturated/α-hetero) is 1.